The zero-order valence-corrected chi connectivity index (χ0v) is 12.1. The molecule has 0 unspecified atom stereocenters. The molecule has 110 valence electrons. The standard InChI is InChI=1S/C15H21NO4/c1-4-12(14(17)19-2)13(16-15(18)20-3)10-11-8-6-5-7-9-11/h5-9,12-13H,4,10H2,1-3H3,(H,16,18)/t12-,13-/m0/s1. The molecule has 0 saturated carbocycles. The fourth-order valence-electron chi connectivity index (χ4n) is 2.14. The second kappa shape index (κ2) is 8.19. The van der Waals surface area contributed by atoms with Crippen molar-refractivity contribution in [1.82, 2.24) is 5.32 Å². The lowest BCUT2D eigenvalue weighted by molar-refractivity contribution is -0.146. The number of rotatable bonds is 6. The highest BCUT2D eigenvalue weighted by atomic mass is 16.5. The Morgan fingerprint density at radius 3 is 2.30 bits per heavy atom. The molecule has 0 bridgehead atoms. The van der Waals surface area contributed by atoms with E-state index < -0.39 is 12.0 Å². The monoisotopic (exact) mass is 279 g/mol. The van der Waals surface area contributed by atoms with E-state index in [1.807, 2.05) is 37.3 Å². The van der Waals surface area contributed by atoms with Crippen LogP contribution in [-0.4, -0.2) is 32.3 Å². The van der Waals surface area contributed by atoms with Crippen molar-refractivity contribution in [2.24, 2.45) is 5.92 Å². The van der Waals surface area contributed by atoms with Crippen LogP contribution in [0.1, 0.15) is 18.9 Å². The molecule has 0 radical (unpaired) electrons. The Morgan fingerprint density at radius 2 is 1.80 bits per heavy atom. The first-order chi connectivity index (χ1) is 9.62. The van der Waals surface area contributed by atoms with Gasteiger partial charge in [-0.1, -0.05) is 37.3 Å². The maximum absolute atomic E-state index is 11.8. The molecular formula is C15H21NO4. The first kappa shape index (κ1) is 16.0. The zero-order valence-electron chi connectivity index (χ0n) is 12.1. The summed E-state index contributed by atoms with van der Waals surface area (Å²) in [5.74, 6) is -0.732. The molecule has 1 N–H and O–H groups in total. The van der Waals surface area contributed by atoms with Gasteiger partial charge >= 0.3 is 12.1 Å². The molecule has 1 aromatic carbocycles. The lowest BCUT2D eigenvalue weighted by Gasteiger charge is -2.25. The van der Waals surface area contributed by atoms with Crippen molar-refractivity contribution in [2.45, 2.75) is 25.8 Å². The highest BCUT2D eigenvalue weighted by Gasteiger charge is 2.29. The summed E-state index contributed by atoms with van der Waals surface area (Å²) < 4.78 is 9.43. The van der Waals surface area contributed by atoms with E-state index in [1.165, 1.54) is 14.2 Å². The van der Waals surface area contributed by atoms with Gasteiger partial charge < -0.3 is 14.8 Å². The normalized spacial score (nSPS) is 13.2. The summed E-state index contributed by atoms with van der Waals surface area (Å²) >= 11 is 0. The third-order valence-corrected chi connectivity index (χ3v) is 3.22. The molecule has 1 rings (SSSR count). The van der Waals surface area contributed by atoms with Crippen LogP contribution in [0.4, 0.5) is 4.79 Å². The van der Waals surface area contributed by atoms with Crippen LogP contribution in [0.25, 0.3) is 0 Å². The van der Waals surface area contributed by atoms with Gasteiger partial charge in [0.15, 0.2) is 0 Å². The maximum atomic E-state index is 11.8. The fraction of sp³-hybridized carbons (Fsp3) is 0.467. The molecule has 1 amide bonds. The van der Waals surface area contributed by atoms with E-state index in [4.69, 9.17) is 4.74 Å². The number of hydrogen-bond donors (Lipinski definition) is 1. The second-order valence-corrected chi connectivity index (χ2v) is 4.47. The van der Waals surface area contributed by atoms with Crippen molar-refractivity contribution < 1.29 is 19.1 Å². The Bertz CT molecular complexity index is 433. The number of nitrogens with one attached hydrogen (secondary N) is 1. The van der Waals surface area contributed by atoms with E-state index in [9.17, 15) is 9.59 Å². The molecule has 0 fully saturated rings. The van der Waals surface area contributed by atoms with Gasteiger partial charge in [0.2, 0.25) is 0 Å². The number of esters is 1. The molecule has 0 aliphatic carbocycles. The first-order valence-corrected chi connectivity index (χ1v) is 6.58. The van der Waals surface area contributed by atoms with Crippen LogP contribution < -0.4 is 5.32 Å². The van der Waals surface area contributed by atoms with Gasteiger partial charge in [-0.05, 0) is 18.4 Å². The average molecular weight is 279 g/mol. The molecule has 0 aliphatic heterocycles. The minimum atomic E-state index is -0.548. The van der Waals surface area contributed by atoms with Gasteiger partial charge in [-0.15, -0.1) is 0 Å². The van der Waals surface area contributed by atoms with Crippen LogP contribution in [-0.2, 0) is 20.7 Å². The van der Waals surface area contributed by atoms with E-state index in [2.05, 4.69) is 10.1 Å². The van der Waals surface area contributed by atoms with E-state index in [0.29, 0.717) is 12.8 Å². The Morgan fingerprint density at radius 1 is 1.15 bits per heavy atom. The highest BCUT2D eigenvalue weighted by molar-refractivity contribution is 5.75. The minimum absolute atomic E-state index is 0.329. The van der Waals surface area contributed by atoms with Crippen LogP contribution in [0.2, 0.25) is 0 Å². The van der Waals surface area contributed by atoms with Crippen LogP contribution in [0.15, 0.2) is 30.3 Å². The van der Waals surface area contributed by atoms with Crippen LogP contribution in [0, 0.1) is 5.92 Å². The summed E-state index contributed by atoms with van der Waals surface area (Å²) in [5.41, 5.74) is 1.04. The molecule has 0 saturated heterocycles. The smallest absolute Gasteiger partial charge is 0.407 e. The lowest BCUT2D eigenvalue weighted by Crippen LogP contribution is -2.45. The molecule has 1 aromatic rings. The third-order valence-electron chi connectivity index (χ3n) is 3.22. The van der Waals surface area contributed by atoms with Crippen LogP contribution in [0.3, 0.4) is 0 Å². The predicted octanol–water partition coefficient (Wildman–Crippen LogP) is 2.15. The highest BCUT2D eigenvalue weighted by Crippen LogP contribution is 2.16. The molecule has 2 atom stereocenters. The lowest BCUT2D eigenvalue weighted by atomic mass is 9.91. The maximum Gasteiger partial charge on any atom is 0.407 e. The Kier molecular flexibility index (Phi) is 6.56. The summed E-state index contributed by atoms with van der Waals surface area (Å²) in [4.78, 5) is 23.3. The summed E-state index contributed by atoms with van der Waals surface area (Å²) in [6.45, 7) is 1.89. The van der Waals surface area contributed by atoms with Crippen molar-refractivity contribution >= 4 is 12.1 Å². The van der Waals surface area contributed by atoms with E-state index in [-0.39, 0.29) is 12.0 Å². The summed E-state index contributed by atoms with van der Waals surface area (Å²) in [6, 6.07) is 9.31. The Balaban J connectivity index is 2.88. The molecular weight excluding hydrogens is 258 g/mol. The predicted molar refractivity (Wildman–Crippen MR) is 75.3 cm³/mol. The topological polar surface area (TPSA) is 64.6 Å². The van der Waals surface area contributed by atoms with Crippen molar-refractivity contribution in [3.8, 4) is 0 Å². The summed E-state index contributed by atoms with van der Waals surface area (Å²) in [6.07, 6.45) is 0.575. The Hall–Kier alpha value is -2.04. The molecule has 5 heteroatoms. The van der Waals surface area contributed by atoms with Crippen molar-refractivity contribution in [1.29, 1.82) is 0 Å². The number of ether oxygens (including phenoxy) is 2. The van der Waals surface area contributed by atoms with Gasteiger partial charge in [0.1, 0.15) is 0 Å². The minimum Gasteiger partial charge on any atom is -0.469 e. The molecule has 5 nitrogen and oxygen atoms in total. The van der Waals surface area contributed by atoms with Crippen LogP contribution in [0.5, 0.6) is 0 Å². The number of hydrogen-bond acceptors (Lipinski definition) is 4. The zero-order chi connectivity index (χ0) is 15.0. The fourth-order valence-corrected chi connectivity index (χ4v) is 2.14. The first-order valence-electron chi connectivity index (χ1n) is 6.58. The molecule has 0 aromatic heterocycles. The molecule has 20 heavy (non-hydrogen) atoms. The van der Waals surface area contributed by atoms with E-state index in [0.717, 1.165) is 5.56 Å². The van der Waals surface area contributed by atoms with Gasteiger partial charge in [-0.2, -0.15) is 0 Å². The number of benzene rings is 1. The number of methoxy groups -OCH3 is 2. The number of amides is 1. The largest absolute Gasteiger partial charge is 0.469 e. The Labute approximate surface area is 119 Å². The number of carbonyl (C=O) groups excluding carboxylic acids is 2. The third kappa shape index (κ3) is 4.57. The van der Waals surface area contributed by atoms with Crippen molar-refractivity contribution in [2.75, 3.05) is 14.2 Å². The van der Waals surface area contributed by atoms with E-state index in [1.54, 1.807) is 0 Å². The van der Waals surface area contributed by atoms with Gasteiger partial charge in [-0.3, -0.25) is 4.79 Å². The van der Waals surface area contributed by atoms with Gasteiger partial charge in [0.05, 0.1) is 20.1 Å². The van der Waals surface area contributed by atoms with Crippen molar-refractivity contribution in [3.05, 3.63) is 35.9 Å². The SMILES string of the molecule is CC[C@H](C(=O)OC)[C@H](Cc1ccccc1)NC(=O)OC. The molecule has 0 heterocycles. The van der Waals surface area contributed by atoms with Gasteiger partial charge in [0.25, 0.3) is 0 Å². The van der Waals surface area contributed by atoms with Crippen molar-refractivity contribution in [3.63, 3.8) is 0 Å². The van der Waals surface area contributed by atoms with E-state index >= 15 is 0 Å². The quantitative estimate of drug-likeness (QED) is 0.810. The summed E-state index contributed by atoms with van der Waals surface area (Å²) in [5, 5.41) is 2.72. The molecule has 0 spiro atoms. The number of alkyl carbamates (subject to hydrolysis) is 1. The molecule has 0 aliphatic rings. The van der Waals surface area contributed by atoms with Gasteiger partial charge in [0, 0.05) is 6.04 Å². The van der Waals surface area contributed by atoms with Crippen LogP contribution >= 0.6 is 0 Å². The summed E-state index contributed by atoms with van der Waals surface area (Å²) in [7, 11) is 2.65. The second-order valence-electron chi connectivity index (χ2n) is 4.47. The average Bonchev–Trinajstić information content (AvgIpc) is 2.48. The van der Waals surface area contributed by atoms with Gasteiger partial charge in [-0.25, -0.2) is 4.79 Å². The number of carbonyl (C=O) groups is 2.